The van der Waals surface area contributed by atoms with Gasteiger partial charge in [0.15, 0.2) is 0 Å². The summed E-state index contributed by atoms with van der Waals surface area (Å²) in [6, 6.07) is 6.79. The minimum atomic E-state index is -0.563. The van der Waals surface area contributed by atoms with E-state index in [1.165, 1.54) is 12.4 Å². The van der Waals surface area contributed by atoms with E-state index < -0.39 is 6.04 Å². The molecule has 3 aromatic rings. The first-order chi connectivity index (χ1) is 12.7. The molecule has 0 aliphatic carbocycles. The van der Waals surface area contributed by atoms with Crippen molar-refractivity contribution in [3.8, 4) is 0 Å². The van der Waals surface area contributed by atoms with E-state index in [1.54, 1.807) is 33.2 Å². The third-order valence-corrected chi connectivity index (χ3v) is 5.11. The van der Waals surface area contributed by atoms with E-state index in [9.17, 15) is 9.59 Å². The van der Waals surface area contributed by atoms with Crippen LogP contribution in [0, 0.1) is 0 Å². The molecule has 132 valence electrons. The van der Waals surface area contributed by atoms with Gasteiger partial charge in [-0.1, -0.05) is 6.07 Å². The molecule has 1 N–H and O–H groups in total. The number of amides is 2. The maximum absolute atomic E-state index is 12.7. The van der Waals surface area contributed by atoms with Crippen molar-refractivity contribution < 1.29 is 9.59 Å². The van der Waals surface area contributed by atoms with Gasteiger partial charge in [0.1, 0.15) is 6.04 Å². The fourth-order valence-electron chi connectivity index (χ4n) is 2.95. The average molecular weight is 368 g/mol. The zero-order valence-corrected chi connectivity index (χ0v) is 14.6. The van der Waals surface area contributed by atoms with Crippen molar-refractivity contribution in [2.24, 2.45) is 0 Å². The molecule has 26 heavy (non-hydrogen) atoms. The van der Waals surface area contributed by atoms with Crippen molar-refractivity contribution in [1.82, 2.24) is 30.2 Å². The van der Waals surface area contributed by atoms with Gasteiger partial charge in [0.2, 0.25) is 5.91 Å². The summed E-state index contributed by atoms with van der Waals surface area (Å²) in [5.74, 6) is -0.336. The number of hydrogen-bond donors (Lipinski definition) is 1. The quantitative estimate of drug-likeness (QED) is 0.748. The minimum absolute atomic E-state index is 0.159. The van der Waals surface area contributed by atoms with Gasteiger partial charge in [-0.2, -0.15) is 15.3 Å². The van der Waals surface area contributed by atoms with Gasteiger partial charge in [0, 0.05) is 11.1 Å². The number of nitrogens with one attached hydrogen (secondary N) is 1. The SMILES string of the molecule is O=C(NCc1cccs1)[C@H]1CN(C(=O)c2ccnnc2)Cc2ccnn21. The molecule has 4 heterocycles. The summed E-state index contributed by atoms with van der Waals surface area (Å²) < 4.78 is 1.69. The molecule has 0 unspecified atom stereocenters. The van der Waals surface area contributed by atoms with Gasteiger partial charge in [-0.05, 0) is 23.6 Å². The fourth-order valence-corrected chi connectivity index (χ4v) is 3.59. The molecule has 2 amide bonds. The van der Waals surface area contributed by atoms with Crippen LogP contribution in [-0.2, 0) is 17.9 Å². The van der Waals surface area contributed by atoms with Crippen LogP contribution in [0.15, 0.2) is 48.2 Å². The summed E-state index contributed by atoms with van der Waals surface area (Å²) in [5, 5.41) is 16.6. The molecular weight excluding hydrogens is 352 g/mol. The van der Waals surface area contributed by atoms with Gasteiger partial charge >= 0.3 is 0 Å². The van der Waals surface area contributed by atoms with Crippen molar-refractivity contribution in [2.45, 2.75) is 19.1 Å². The second-order valence-electron chi connectivity index (χ2n) is 5.90. The molecular formula is C17H16N6O2S. The molecule has 3 aromatic heterocycles. The maximum Gasteiger partial charge on any atom is 0.255 e. The Balaban J connectivity index is 1.53. The average Bonchev–Trinajstić information content (AvgIpc) is 3.36. The second kappa shape index (κ2) is 7.04. The highest BCUT2D eigenvalue weighted by molar-refractivity contribution is 7.09. The molecule has 8 nitrogen and oxygen atoms in total. The Kier molecular flexibility index (Phi) is 4.44. The van der Waals surface area contributed by atoms with Crippen LogP contribution in [0.4, 0.5) is 0 Å². The first-order valence-electron chi connectivity index (χ1n) is 8.11. The molecule has 0 spiro atoms. The van der Waals surface area contributed by atoms with E-state index >= 15 is 0 Å². The first kappa shape index (κ1) is 16.4. The van der Waals surface area contributed by atoms with Gasteiger partial charge in [-0.15, -0.1) is 11.3 Å². The minimum Gasteiger partial charge on any atom is -0.349 e. The van der Waals surface area contributed by atoms with Crippen LogP contribution in [0.3, 0.4) is 0 Å². The summed E-state index contributed by atoms with van der Waals surface area (Å²) >= 11 is 1.59. The number of fused-ring (bicyclic) bond motifs is 1. The monoisotopic (exact) mass is 368 g/mol. The predicted molar refractivity (Wildman–Crippen MR) is 94.2 cm³/mol. The van der Waals surface area contributed by atoms with Crippen LogP contribution in [-0.4, -0.2) is 43.2 Å². The van der Waals surface area contributed by atoms with E-state index in [-0.39, 0.29) is 18.4 Å². The van der Waals surface area contributed by atoms with Crippen LogP contribution >= 0.6 is 11.3 Å². The number of rotatable bonds is 4. The topological polar surface area (TPSA) is 93.0 Å². The van der Waals surface area contributed by atoms with Crippen molar-refractivity contribution in [1.29, 1.82) is 0 Å². The van der Waals surface area contributed by atoms with E-state index in [4.69, 9.17) is 0 Å². The van der Waals surface area contributed by atoms with Gasteiger partial charge in [0.25, 0.3) is 5.91 Å². The van der Waals surface area contributed by atoms with Crippen molar-refractivity contribution in [2.75, 3.05) is 6.54 Å². The second-order valence-corrected chi connectivity index (χ2v) is 6.93. The Morgan fingerprint density at radius 1 is 1.23 bits per heavy atom. The molecule has 1 aliphatic heterocycles. The largest absolute Gasteiger partial charge is 0.349 e. The number of thiophene rings is 1. The number of carbonyl (C=O) groups is 2. The highest BCUT2D eigenvalue weighted by atomic mass is 32.1. The van der Waals surface area contributed by atoms with Crippen molar-refractivity contribution in [3.05, 3.63) is 64.4 Å². The van der Waals surface area contributed by atoms with E-state index in [0.717, 1.165) is 10.6 Å². The van der Waals surface area contributed by atoms with Gasteiger partial charge in [-0.3, -0.25) is 14.3 Å². The summed E-state index contributed by atoms with van der Waals surface area (Å²) in [6.45, 7) is 1.12. The lowest BCUT2D eigenvalue weighted by Gasteiger charge is -2.33. The maximum atomic E-state index is 12.7. The van der Waals surface area contributed by atoms with Gasteiger partial charge in [-0.25, -0.2) is 0 Å². The zero-order valence-electron chi connectivity index (χ0n) is 13.8. The highest BCUT2D eigenvalue weighted by Crippen LogP contribution is 2.22. The standard InChI is InChI=1S/C17H16N6O2S/c24-16(18-9-14-2-1-7-26-14)15-11-22(10-13-4-6-21-23(13)15)17(25)12-3-5-19-20-8-12/h1-8,15H,9-11H2,(H,18,24)/t15-/m1/s1. The summed E-state index contributed by atoms with van der Waals surface area (Å²) in [4.78, 5) is 28.2. The first-order valence-corrected chi connectivity index (χ1v) is 8.99. The molecule has 4 rings (SSSR count). The molecule has 9 heteroatoms. The van der Waals surface area contributed by atoms with Crippen LogP contribution in [0.25, 0.3) is 0 Å². The molecule has 0 radical (unpaired) electrons. The Bertz CT molecular complexity index is 909. The Morgan fingerprint density at radius 3 is 2.92 bits per heavy atom. The van der Waals surface area contributed by atoms with Gasteiger partial charge in [0.05, 0.1) is 43.3 Å². The molecule has 0 bridgehead atoms. The van der Waals surface area contributed by atoms with E-state index in [1.807, 2.05) is 23.6 Å². The normalized spacial score (nSPS) is 16.2. The predicted octanol–water partition coefficient (Wildman–Crippen LogP) is 1.25. The molecule has 1 atom stereocenters. The van der Waals surface area contributed by atoms with Crippen LogP contribution in [0.2, 0.25) is 0 Å². The fraction of sp³-hybridized carbons (Fsp3) is 0.235. The van der Waals surface area contributed by atoms with E-state index in [2.05, 4.69) is 20.6 Å². The Hall–Kier alpha value is -3.07. The number of nitrogens with zero attached hydrogens (tertiary/aromatic N) is 5. The molecule has 0 saturated carbocycles. The summed E-state index contributed by atoms with van der Waals surface area (Å²) in [5.41, 5.74) is 1.27. The highest BCUT2D eigenvalue weighted by Gasteiger charge is 2.33. The van der Waals surface area contributed by atoms with Crippen molar-refractivity contribution in [3.63, 3.8) is 0 Å². The number of carbonyl (C=O) groups excluding carboxylic acids is 2. The van der Waals surface area contributed by atoms with E-state index in [0.29, 0.717) is 18.7 Å². The zero-order chi connectivity index (χ0) is 17.9. The summed E-state index contributed by atoms with van der Waals surface area (Å²) in [7, 11) is 0. The lowest BCUT2D eigenvalue weighted by molar-refractivity contribution is -0.125. The Morgan fingerprint density at radius 2 is 2.15 bits per heavy atom. The smallest absolute Gasteiger partial charge is 0.255 e. The molecule has 0 saturated heterocycles. The lowest BCUT2D eigenvalue weighted by atomic mass is 10.1. The van der Waals surface area contributed by atoms with Crippen LogP contribution in [0.1, 0.15) is 27.0 Å². The van der Waals surface area contributed by atoms with Crippen LogP contribution < -0.4 is 5.32 Å². The lowest BCUT2D eigenvalue weighted by Crippen LogP contribution is -2.47. The molecule has 1 aliphatic rings. The number of hydrogen-bond acceptors (Lipinski definition) is 6. The van der Waals surface area contributed by atoms with Crippen LogP contribution in [0.5, 0.6) is 0 Å². The van der Waals surface area contributed by atoms with Gasteiger partial charge < -0.3 is 10.2 Å². The third kappa shape index (κ3) is 3.21. The van der Waals surface area contributed by atoms with Crippen molar-refractivity contribution >= 4 is 23.2 Å². The third-order valence-electron chi connectivity index (χ3n) is 4.23. The molecule has 0 aromatic carbocycles. The Labute approximate surface area is 153 Å². The molecule has 0 fully saturated rings. The summed E-state index contributed by atoms with van der Waals surface area (Å²) in [6.07, 6.45) is 4.56. The number of aromatic nitrogens is 4.